The van der Waals surface area contributed by atoms with E-state index in [1.807, 2.05) is 55.3 Å². The van der Waals surface area contributed by atoms with Crippen LogP contribution in [0.2, 0.25) is 0 Å². The van der Waals surface area contributed by atoms with Crippen LogP contribution >= 0.6 is 35.3 Å². The second kappa shape index (κ2) is 11.8. The quantitative estimate of drug-likeness (QED) is 0.358. The predicted octanol–water partition coefficient (Wildman–Crippen LogP) is 2.78. The van der Waals surface area contributed by atoms with Gasteiger partial charge in [0, 0.05) is 31.2 Å². The van der Waals surface area contributed by atoms with Crippen LogP contribution in [0.1, 0.15) is 22.4 Å². The number of thiazole rings is 1. The summed E-state index contributed by atoms with van der Waals surface area (Å²) in [6.45, 7) is 6.09. The molecule has 0 aliphatic heterocycles. The lowest BCUT2D eigenvalue weighted by Crippen LogP contribution is -2.44. The maximum Gasteiger partial charge on any atom is 0.242 e. The highest BCUT2D eigenvalue weighted by Crippen LogP contribution is 2.10. The van der Waals surface area contributed by atoms with Gasteiger partial charge in [-0.15, -0.1) is 35.3 Å². The normalized spacial score (nSPS) is 10.8. The van der Waals surface area contributed by atoms with Crippen molar-refractivity contribution in [1.82, 2.24) is 20.5 Å². The van der Waals surface area contributed by atoms with E-state index in [1.165, 1.54) is 4.88 Å². The SMILES string of the molecule is CCN(Cc1ccccc1)C(=O)CNC(=NC)NCc1ncc(C)s1.I. The molecule has 1 amide bonds. The Morgan fingerprint density at radius 3 is 2.58 bits per heavy atom. The van der Waals surface area contributed by atoms with Gasteiger partial charge in [0.1, 0.15) is 5.01 Å². The molecule has 6 nitrogen and oxygen atoms in total. The van der Waals surface area contributed by atoms with Crippen molar-refractivity contribution in [2.24, 2.45) is 4.99 Å². The third kappa shape index (κ3) is 7.28. The van der Waals surface area contributed by atoms with Crippen LogP contribution < -0.4 is 10.6 Å². The molecular formula is C18H26IN5OS. The van der Waals surface area contributed by atoms with Crippen LogP contribution in [0.15, 0.2) is 41.5 Å². The van der Waals surface area contributed by atoms with E-state index in [0.717, 1.165) is 10.6 Å². The van der Waals surface area contributed by atoms with Gasteiger partial charge in [-0.05, 0) is 19.4 Å². The summed E-state index contributed by atoms with van der Waals surface area (Å²) in [7, 11) is 1.69. The third-order valence-corrected chi connectivity index (χ3v) is 4.57. The monoisotopic (exact) mass is 487 g/mol. The number of amides is 1. The lowest BCUT2D eigenvalue weighted by Gasteiger charge is -2.22. The molecule has 1 aromatic carbocycles. The van der Waals surface area contributed by atoms with E-state index in [1.54, 1.807) is 18.4 Å². The van der Waals surface area contributed by atoms with Gasteiger partial charge in [0.15, 0.2) is 5.96 Å². The molecule has 1 heterocycles. The van der Waals surface area contributed by atoms with Gasteiger partial charge in [0.05, 0.1) is 13.1 Å². The molecule has 0 atom stereocenters. The molecule has 0 bridgehead atoms. The molecule has 0 saturated carbocycles. The largest absolute Gasteiger partial charge is 0.350 e. The molecule has 8 heteroatoms. The van der Waals surface area contributed by atoms with E-state index in [2.05, 4.69) is 20.6 Å². The van der Waals surface area contributed by atoms with Crippen LogP contribution in [0.3, 0.4) is 0 Å². The molecule has 0 saturated heterocycles. The van der Waals surface area contributed by atoms with E-state index < -0.39 is 0 Å². The van der Waals surface area contributed by atoms with Gasteiger partial charge in [0.25, 0.3) is 0 Å². The minimum Gasteiger partial charge on any atom is -0.350 e. The minimum absolute atomic E-state index is 0. The zero-order chi connectivity index (χ0) is 18.1. The summed E-state index contributed by atoms with van der Waals surface area (Å²) >= 11 is 1.64. The third-order valence-electron chi connectivity index (χ3n) is 3.66. The molecule has 0 spiro atoms. The zero-order valence-electron chi connectivity index (χ0n) is 15.4. The maximum absolute atomic E-state index is 12.4. The average Bonchev–Trinajstić information content (AvgIpc) is 3.05. The molecule has 0 radical (unpaired) electrons. The Kier molecular flexibility index (Phi) is 10.2. The zero-order valence-corrected chi connectivity index (χ0v) is 18.5. The highest BCUT2D eigenvalue weighted by Gasteiger charge is 2.12. The fraction of sp³-hybridized carbons (Fsp3) is 0.389. The van der Waals surface area contributed by atoms with Gasteiger partial charge >= 0.3 is 0 Å². The Labute approximate surface area is 176 Å². The number of hydrogen-bond acceptors (Lipinski definition) is 4. The number of hydrogen-bond donors (Lipinski definition) is 2. The molecule has 1 aromatic heterocycles. The fourth-order valence-electron chi connectivity index (χ4n) is 2.31. The van der Waals surface area contributed by atoms with Crippen molar-refractivity contribution >= 4 is 47.2 Å². The first-order chi connectivity index (χ1) is 12.1. The Morgan fingerprint density at radius 1 is 1.27 bits per heavy atom. The minimum atomic E-state index is 0. The lowest BCUT2D eigenvalue weighted by molar-refractivity contribution is -0.130. The molecule has 2 N–H and O–H groups in total. The highest BCUT2D eigenvalue weighted by atomic mass is 127. The van der Waals surface area contributed by atoms with E-state index in [0.29, 0.717) is 25.6 Å². The van der Waals surface area contributed by atoms with Gasteiger partial charge in [-0.2, -0.15) is 0 Å². The summed E-state index contributed by atoms with van der Waals surface area (Å²) in [6, 6.07) is 10.00. The van der Waals surface area contributed by atoms with E-state index in [-0.39, 0.29) is 36.4 Å². The highest BCUT2D eigenvalue weighted by molar-refractivity contribution is 14.0. The number of halogens is 1. The Bertz CT molecular complexity index is 705. The number of carbonyl (C=O) groups is 1. The first-order valence-corrected chi connectivity index (χ1v) is 9.11. The van der Waals surface area contributed by atoms with Crippen LogP contribution in [0, 0.1) is 6.92 Å². The Morgan fingerprint density at radius 2 is 2.00 bits per heavy atom. The van der Waals surface area contributed by atoms with Crippen LogP contribution in [0.25, 0.3) is 0 Å². The van der Waals surface area contributed by atoms with Crippen LogP contribution in [-0.2, 0) is 17.9 Å². The molecule has 0 aliphatic carbocycles. The molecule has 0 aliphatic rings. The molecule has 0 unspecified atom stereocenters. The number of aliphatic imine (C=N–C) groups is 1. The van der Waals surface area contributed by atoms with Gasteiger partial charge in [-0.3, -0.25) is 9.79 Å². The average molecular weight is 487 g/mol. The lowest BCUT2D eigenvalue weighted by atomic mass is 10.2. The van der Waals surface area contributed by atoms with Crippen molar-refractivity contribution in [2.75, 3.05) is 20.1 Å². The van der Waals surface area contributed by atoms with E-state index in [4.69, 9.17) is 0 Å². The number of aryl methyl sites for hydroxylation is 1. The summed E-state index contributed by atoms with van der Waals surface area (Å²) in [4.78, 5) is 23.9. The molecule has 26 heavy (non-hydrogen) atoms. The fourth-order valence-corrected chi connectivity index (χ4v) is 3.04. The summed E-state index contributed by atoms with van der Waals surface area (Å²) in [5.41, 5.74) is 1.12. The summed E-state index contributed by atoms with van der Waals surface area (Å²) in [5.74, 6) is 0.636. The topological polar surface area (TPSA) is 69.6 Å². The first-order valence-electron chi connectivity index (χ1n) is 8.30. The van der Waals surface area contributed by atoms with Gasteiger partial charge in [0.2, 0.25) is 5.91 Å². The van der Waals surface area contributed by atoms with Crippen molar-refractivity contribution in [3.05, 3.63) is 52.0 Å². The second-order valence-electron chi connectivity index (χ2n) is 5.54. The number of nitrogens with one attached hydrogen (secondary N) is 2. The van der Waals surface area contributed by atoms with Crippen LogP contribution in [0.5, 0.6) is 0 Å². The predicted molar refractivity (Wildman–Crippen MR) is 118 cm³/mol. The standard InChI is InChI=1S/C18H25N5OS.HI/c1-4-23(13-15-8-6-5-7-9-15)17(24)12-22-18(19-3)21-11-16-20-10-14(2)25-16;/h5-10H,4,11-13H2,1-3H3,(H2,19,21,22);1H. The van der Waals surface area contributed by atoms with Crippen molar-refractivity contribution in [3.8, 4) is 0 Å². The Hall–Kier alpha value is -1.68. The molecule has 2 aromatic rings. The molecular weight excluding hydrogens is 461 g/mol. The van der Waals surface area contributed by atoms with E-state index in [9.17, 15) is 4.79 Å². The summed E-state index contributed by atoms with van der Waals surface area (Å²) in [6.07, 6.45) is 1.85. The number of nitrogens with zero attached hydrogens (tertiary/aromatic N) is 3. The van der Waals surface area contributed by atoms with Crippen LogP contribution in [0.4, 0.5) is 0 Å². The Balaban J connectivity index is 0.00000338. The number of aromatic nitrogens is 1. The van der Waals surface area contributed by atoms with Crippen molar-refractivity contribution in [1.29, 1.82) is 0 Å². The molecule has 2 rings (SSSR count). The van der Waals surface area contributed by atoms with Crippen molar-refractivity contribution < 1.29 is 4.79 Å². The van der Waals surface area contributed by atoms with Crippen molar-refractivity contribution in [3.63, 3.8) is 0 Å². The van der Waals surface area contributed by atoms with E-state index >= 15 is 0 Å². The smallest absolute Gasteiger partial charge is 0.242 e. The molecule has 0 fully saturated rings. The number of rotatable bonds is 7. The second-order valence-corrected chi connectivity index (χ2v) is 6.86. The van der Waals surface area contributed by atoms with Gasteiger partial charge < -0.3 is 15.5 Å². The number of likely N-dealkylation sites (N-methyl/N-ethyl adjacent to an activating group) is 1. The number of guanidine groups is 1. The number of benzene rings is 1. The maximum atomic E-state index is 12.4. The number of carbonyl (C=O) groups excluding carboxylic acids is 1. The van der Waals surface area contributed by atoms with Gasteiger partial charge in [-0.25, -0.2) is 4.98 Å². The summed E-state index contributed by atoms with van der Waals surface area (Å²) in [5, 5.41) is 7.24. The first kappa shape index (κ1) is 22.4. The molecule has 142 valence electrons. The van der Waals surface area contributed by atoms with Gasteiger partial charge in [-0.1, -0.05) is 30.3 Å². The summed E-state index contributed by atoms with van der Waals surface area (Å²) < 4.78 is 0. The van der Waals surface area contributed by atoms with Crippen molar-refractivity contribution in [2.45, 2.75) is 26.9 Å². The van der Waals surface area contributed by atoms with Crippen LogP contribution in [-0.4, -0.2) is 41.9 Å².